The third kappa shape index (κ3) is 2.80. The van der Waals surface area contributed by atoms with E-state index in [2.05, 4.69) is 48.3 Å². The van der Waals surface area contributed by atoms with E-state index in [1.165, 1.54) is 11.1 Å². The third-order valence-electron chi connectivity index (χ3n) is 3.11. The summed E-state index contributed by atoms with van der Waals surface area (Å²) < 4.78 is 0. The molecule has 1 aliphatic heterocycles. The Bertz CT molecular complexity index is 322. The number of nitrogens with one attached hydrogen (secondary N) is 1. The van der Waals surface area contributed by atoms with Crippen LogP contribution in [0, 0.1) is 6.92 Å². The van der Waals surface area contributed by atoms with Crippen LogP contribution in [0.2, 0.25) is 0 Å². The van der Waals surface area contributed by atoms with Crippen LogP contribution in [0.3, 0.4) is 0 Å². The molecule has 1 aromatic carbocycles. The van der Waals surface area contributed by atoms with Crippen LogP contribution in [0.25, 0.3) is 0 Å². The highest BCUT2D eigenvalue weighted by atomic mass is 15.2. The van der Waals surface area contributed by atoms with Gasteiger partial charge in [-0.15, -0.1) is 0 Å². The first-order chi connectivity index (χ1) is 7.25. The second kappa shape index (κ2) is 4.77. The Labute approximate surface area is 92.3 Å². The van der Waals surface area contributed by atoms with Crippen LogP contribution in [0.15, 0.2) is 24.3 Å². The van der Waals surface area contributed by atoms with Crippen LogP contribution in [-0.4, -0.2) is 30.6 Å². The van der Waals surface area contributed by atoms with Crippen LogP contribution in [-0.2, 0) is 6.54 Å². The van der Waals surface area contributed by atoms with Crippen molar-refractivity contribution in [3.05, 3.63) is 35.4 Å². The van der Waals surface area contributed by atoms with Crippen molar-refractivity contribution in [2.75, 3.05) is 19.6 Å². The van der Waals surface area contributed by atoms with Gasteiger partial charge in [0.25, 0.3) is 0 Å². The molecule has 0 aromatic heterocycles. The van der Waals surface area contributed by atoms with E-state index in [0.717, 1.165) is 26.2 Å². The normalized spacial score (nSPS) is 22.9. The highest BCUT2D eigenvalue weighted by Crippen LogP contribution is 2.11. The Kier molecular flexibility index (Phi) is 3.39. The fourth-order valence-corrected chi connectivity index (χ4v) is 2.16. The quantitative estimate of drug-likeness (QED) is 0.790. The maximum absolute atomic E-state index is 3.42. The van der Waals surface area contributed by atoms with Crippen LogP contribution < -0.4 is 5.32 Å². The summed E-state index contributed by atoms with van der Waals surface area (Å²) in [5.74, 6) is 0. The van der Waals surface area contributed by atoms with E-state index < -0.39 is 0 Å². The molecule has 0 spiro atoms. The van der Waals surface area contributed by atoms with Crippen molar-refractivity contribution in [3.8, 4) is 0 Å². The Morgan fingerprint density at radius 2 is 2.33 bits per heavy atom. The standard InChI is InChI=1S/C13H20N2/c1-11-4-3-5-13(8-11)10-15-7-6-14-9-12(15)2/h3-5,8,12,14H,6-7,9-10H2,1-2H3/t12-/m0/s1. The van der Waals surface area contributed by atoms with Gasteiger partial charge in [0.15, 0.2) is 0 Å². The molecule has 0 aliphatic carbocycles. The monoisotopic (exact) mass is 204 g/mol. The molecule has 0 unspecified atom stereocenters. The van der Waals surface area contributed by atoms with Gasteiger partial charge in [-0.1, -0.05) is 29.8 Å². The van der Waals surface area contributed by atoms with E-state index >= 15 is 0 Å². The summed E-state index contributed by atoms with van der Waals surface area (Å²) in [7, 11) is 0. The van der Waals surface area contributed by atoms with E-state index in [4.69, 9.17) is 0 Å². The van der Waals surface area contributed by atoms with Gasteiger partial charge in [-0.2, -0.15) is 0 Å². The predicted octanol–water partition coefficient (Wildman–Crippen LogP) is 1.79. The zero-order chi connectivity index (χ0) is 10.7. The van der Waals surface area contributed by atoms with Crippen LogP contribution >= 0.6 is 0 Å². The number of piperazine rings is 1. The molecule has 0 radical (unpaired) electrons. The zero-order valence-corrected chi connectivity index (χ0v) is 9.66. The average Bonchev–Trinajstić information content (AvgIpc) is 2.22. The molecule has 2 rings (SSSR count). The Morgan fingerprint density at radius 3 is 3.07 bits per heavy atom. The van der Waals surface area contributed by atoms with Crippen molar-refractivity contribution in [2.45, 2.75) is 26.4 Å². The van der Waals surface area contributed by atoms with E-state index in [1.54, 1.807) is 0 Å². The van der Waals surface area contributed by atoms with Gasteiger partial charge in [0.1, 0.15) is 0 Å². The molecule has 1 aliphatic rings. The number of nitrogens with zero attached hydrogens (tertiary/aromatic N) is 1. The van der Waals surface area contributed by atoms with E-state index in [1.807, 2.05) is 0 Å². The molecule has 1 heterocycles. The summed E-state index contributed by atoms with van der Waals surface area (Å²) in [4.78, 5) is 2.55. The minimum absolute atomic E-state index is 0.652. The van der Waals surface area contributed by atoms with Crippen molar-refractivity contribution in [1.82, 2.24) is 10.2 Å². The number of rotatable bonds is 2. The van der Waals surface area contributed by atoms with Crippen molar-refractivity contribution in [3.63, 3.8) is 0 Å². The second-order valence-corrected chi connectivity index (χ2v) is 4.51. The molecule has 1 fully saturated rings. The molecule has 15 heavy (non-hydrogen) atoms. The molecule has 0 saturated carbocycles. The van der Waals surface area contributed by atoms with Crippen LogP contribution in [0.5, 0.6) is 0 Å². The number of hydrogen-bond acceptors (Lipinski definition) is 2. The van der Waals surface area contributed by atoms with Gasteiger partial charge in [-0.05, 0) is 19.4 Å². The van der Waals surface area contributed by atoms with Gasteiger partial charge in [-0.25, -0.2) is 0 Å². The number of benzene rings is 1. The molecule has 1 aromatic rings. The molecule has 2 nitrogen and oxygen atoms in total. The summed E-state index contributed by atoms with van der Waals surface area (Å²) in [6, 6.07) is 9.47. The lowest BCUT2D eigenvalue weighted by Crippen LogP contribution is -2.49. The molecule has 82 valence electrons. The Hall–Kier alpha value is -0.860. The summed E-state index contributed by atoms with van der Waals surface area (Å²) in [6.07, 6.45) is 0. The second-order valence-electron chi connectivity index (χ2n) is 4.51. The molecule has 1 N–H and O–H groups in total. The third-order valence-corrected chi connectivity index (χ3v) is 3.11. The first-order valence-corrected chi connectivity index (χ1v) is 5.76. The molecule has 1 atom stereocenters. The minimum atomic E-state index is 0.652. The van der Waals surface area contributed by atoms with E-state index in [-0.39, 0.29) is 0 Å². The fraction of sp³-hybridized carbons (Fsp3) is 0.538. The predicted molar refractivity (Wildman–Crippen MR) is 63.9 cm³/mol. The first kappa shape index (κ1) is 10.7. The molecular formula is C13H20N2. The van der Waals surface area contributed by atoms with Gasteiger partial charge >= 0.3 is 0 Å². The van der Waals surface area contributed by atoms with Gasteiger partial charge in [-0.3, -0.25) is 4.90 Å². The first-order valence-electron chi connectivity index (χ1n) is 5.76. The van der Waals surface area contributed by atoms with Crippen molar-refractivity contribution in [2.24, 2.45) is 0 Å². The SMILES string of the molecule is Cc1cccc(CN2CCNC[C@@H]2C)c1. The lowest BCUT2D eigenvalue weighted by Gasteiger charge is -2.33. The highest BCUT2D eigenvalue weighted by molar-refractivity contribution is 5.22. The topological polar surface area (TPSA) is 15.3 Å². The summed E-state index contributed by atoms with van der Waals surface area (Å²) in [5.41, 5.74) is 2.79. The Balaban J connectivity index is 2.01. The summed E-state index contributed by atoms with van der Waals surface area (Å²) in [5, 5.41) is 3.42. The highest BCUT2D eigenvalue weighted by Gasteiger charge is 2.17. The molecule has 0 amide bonds. The van der Waals surface area contributed by atoms with Crippen LogP contribution in [0.4, 0.5) is 0 Å². The van der Waals surface area contributed by atoms with Crippen LogP contribution in [0.1, 0.15) is 18.1 Å². The van der Waals surface area contributed by atoms with E-state index in [0.29, 0.717) is 6.04 Å². The Morgan fingerprint density at radius 1 is 1.47 bits per heavy atom. The summed E-state index contributed by atoms with van der Waals surface area (Å²) >= 11 is 0. The molecule has 0 bridgehead atoms. The van der Waals surface area contributed by atoms with Gasteiger partial charge in [0.05, 0.1) is 0 Å². The summed E-state index contributed by atoms with van der Waals surface area (Å²) in [6.45, 7) is 8.94. The van der Waals surface area contributed by atoms with Crippen molar-refractivity contribution in [1.29, 1.82) is 0 Å². The van der Waals surface area contributed by atoms with Crippen molar-refractivity contribution < 1.29 is 0 Å². The lowest BCUT2D eigenvalue weighted by atomic mass is 10.1. The van der Waals surface area contributed by atoms with Crippen molar-refractivity contribution >= 4 is 0 Å². The maximum atomic E-state index is 3.42. The molecular weight excluding hydrogens is 184 g/mol. The molecule has 1 saturated heterocycles. The average molecular weight is 204 g/mol. The smallest absolute Gasteiger partial charge is 0.0237 e. The van der Waals surface area contributed by atoms with Gasteiger partial charge in [0.2, 0.25) is 0 Å². The maximum Gasteiger partial charge on any atom is 0.0237 e. The zero-order valence-electron chi connectivity index (χ0n) is 9.66. The van der Waals surface area contributed by atoms with E-state index in [9.17, 15) is 0 Å². The molecule has 2 heteroatoms. The minimum Gasteiger partial charge on any atom is -0.314 e. The van der Waals surface area contributed by atoms with Gasteiger partial charge < -0.3 is 5.32 Å². The number of aryl methyl sites for hydroxylation is 1. The largest absolute Gasteiger partial charge is 0.314 e. The van der Waals surface area contributed by atoms with Gasteiger partial charge in [0, 0.05) is 32.2 Å². The lowest BCUT2D eigenvalue weighted by molar-refractivity contribution is 0.165. The fourth-order valence-electron chi connectivity index (χ4n) is 2.16. The number of hydrogen-bond donors (Lipinski definition) is 1.